The fourth-order valence-electron chi connectivity index (χ4n) is 2.58. The lowest BCUT2D eigenvalue weighted by Gasteiger charge is -2.09. The molecule has 3 aromatic rings. The summed E-state index contributed by atoms with van der Waals surface area (Å²) >= 11 is 0. The fourth-order valence-corrected chi connectivity index (χ4v) is 3.59. The number of nitrogens with zero attached hydrogens (tertiary/aromatic N) is 1. The highest BCUT2D eigenvalue weighted by Crippen LogP contribution is 2.32. The van der Waals surface area contributed by atoms with Crippen molar-refractivity contribution in [3.63, 3.8) is 0 Å². The van der Waals surface area contributed by atoms with Crippen molar-refractivity contribution in [2.75, 3.05) is 16.8 Å². The van der Waals surface area contributed by atoms with E-state index < -0.39 is 10.0 Å². The van der Waals surface area contributed by atoms with Gasteiger partial charge in [0.1, 0.15) is 5.82 Å². The zero-order valence-corrected chi connectivity index (χ0v) is 15.3. The van der Waals surface area contributed by atoms with Gasteiger partial charge in [-0.1, -0.05) is 6.07 Å². The molecule has 2 aromatic carbocycles. The Bertz CT molecular complexity index is 1120. The molecule has 0 radical (unpaired) electrons. The molecule has 9 heteroatoms. The molecule has 28 heavy (non-hydrogen) atoms. The molecule has 142 valence electrons. The molecule has 1 aliphatic rings. The van der Waals surface area contributed by atoms with E-state index in [2.05, 4.69) is 15.0 Å². The summed E-state index contributed by atoms with van der Waals surface area (Å²) in [5, 5.41) is 2.71. The third kappa shape index (κ3) is 3.74. The van der Waals surface area contributed by atoms with Crippen LogP contribution in [-0.2, 0) is 10.0 Å². The molecule has 1 aliphatic heterocycles. The molecule has 8 nitrogen and oxygen atoms in total. The van der Waals surface area contributed by atoms with Crippen LogP contribution in [0.3, 0.4) is 0 Å². The minimum absolute atomic E-state index is 0.0548. The molecule has 2 heterocycles. The first-order valence-electron chi connectivity index (χ1n) is 8.26. The Balaban J connectivity index is 1.46. The number of fused-ring (bicyclic) bond motifs is 1. The number of hydrogen-bond acceptors (Lipinski definition) is 6. The van der Waals surface area contributed by atoms with Gasteiger partial charge in [-0.2, -0.15) is 0 Å². The number of carbonyl (C=O) groups excluding carboxylic acids is 1. The van der Waals surface area contributed by atoms with Gasteiger partial charge in [-0.3, -0.25) is 9.52 Å². The van der Waals surface area contributed by atoms with Crippen LogP contribution in [0.1, 0.15) is 10.4 Å². The van der Waals surface area contributed by atoms with Gasteiger partial charge in [-0.15, -0.1) is 0 Å². The molecule has 1 amide bonds. The molecule has 0 saturated carbocycles. The highest BCUT2D eigenvalue weighted by Gasteiger charge is 2.17. The van der Waals surface area contributed by atoms with Crippen molar-refractivity contribution in [1.29, 1.82) is 0 Å². The minimum Gasteiger partial charge on any atom is -0.454 e. The van der Waals surface area contributed by atoms with Gasteiger partial charge in [0.05, 0.1) is 4.90 Å². The lowest BCUT2D eigenvalue weighted by Crippen LogP contribution is -2.14. The maximum absolute atomic E-state index is 12.4. The SMILES string of the molecule is O=C(Nc1ccc(S(=O)(=O)Nc2ccccn2)cc1)c1ccc2c(c1)OCO2. The van der Waals surface area contributed by atoms with Crippen molar-refractivity contribution in [2.45, 2.75) is 4.90 Å². The minimum atomic E-state index is -3.77. The van der Waals surface area contributed by atoms with Gasteiger partial charge < -0.3 is 14.8 Å². The van der Waals surface area contributed by atoms with Crippen LogP contribution in [-0.4, -0.2) is 26.1 Å². The van der Waals surface area contributed by atoms with Crippen LogP contribution in [0.4, 0.5) is 11.5 Å². The Kier molecular flexibility index (Phi) is 4.58. The lowest BCUT2D eigenvalue weighted by atomic mass is 10.2. The van der Waals surface area contributed by atoms with Crippen molar-refractivity contribution in [1.82, 2.24) is 4.98 Å². The van der Waals surface area contributed by atoms with Crippen LogP contribution in [0.25, 0.3) is 0 Å². The van der Waals surface area contributed by atoms with Gasteiger partial charge in [-0.25, -0.2) is 13.4 Å². The van der Waals surface area contributed by atoms with Crippen LogP contribution in [0.5, 0.6) is 11.5 Å². The van der Waals surface area contributed by atoms with E-state index in [4.69, 9.17) is 9.47 Å². The summed E-state index contributed by atoms with van der Waals surface area (Å²) in [6, 6.07) is 15.6. The van der Waals surface area contributed by atoms with Crippen LogP contribution in [0.2, 0.25) is 0 Å². The predicted octanol–water partition coefficient (Wildman–Crippen LogP) is 2.86. The standard InChI is InChI=1S/C19H15N3O5S/c23-19(13-4-9-16-17(11-13)27-12-26-16)21-14-5-7-15(8-6-14)28(24,25)22-18-3-1-2-10-20-18/h1-11H,12H2,(H,20,22)(H,21,23). The number of anilines is 2. The van der Waals surface area contributed by atoms with Crippen molar-refractivity contribution >= 4 is 27.4 Å². The zero-order valence-electron chi connectivity index (χ0n) is 14.5. The van der Waals surface area contributed by atoms with Crippen LogP contribution in [0, 0.1) is 0 Å². The molecule has 0 saturated heterocycles. The molecule has 0 aliphatic carbocycles. The molecular weight excluding hydrogens is 382 g/mol. The van der Waals surface area contributed by atoms with Crippen molar-refractivity contribution in [3.8, 4) is 11.5 Å². The van der Waals surface area contributed by atoms with Crippen LogP contribution in [0.15, 0.2) is 71.8 Å². The molecule has 4 rings (SSSR count). The predicted molar refractivity (Wildman–Crippen MR) is 102 cm³/mol. The number of sulfonamides is 1. The van der Waals surface area contributed by atoms with Gasteiger partial charge in [-0.05, 0) is 54.6 Å². The summed E-state index contributed by atoms with van der Waals surface area (Å²) in [5.41, 5.74) is 0.859. The molecule has 2 N–H and O–H groups in total. The Morgan fingerprint density at radius 3 is 2.50 bits per heavy atom. The van der Waals surface area contributed by atoms with Gasteiger partial charge in [0, 0.05) is 17.4 Å². The number of benzene rings is 2. The van der Waals surface area contributed by atoms with Gasteiger partial charge in [0.25, 0.3) is 15.9 Å². The maximum atomic E-state index is 12.4. The monoisotopic (exact) mass is 397 g/mol. The summed E-state index contributed by atoms with van der Waals surface area (Å²) < 4.78 is 37.7. The Morgan fingerprint density at radius 1 is 0.964 bits per heavy atom. The smallest absolute Gasteiger partial charge is 0.263 e. The van der Waals surface area contributed by atoms with Crippen molar-refractivity contribution in [2.24, 2.45) is 0 Å². The molecule has 1 aromatic heterocycles. The van der Waals surface area contributed by atoms with E-state index in [0.29, 0.717) is 22.7 Å². The van der Waals surface area contributed by atoms with E-state index in [-0.39, 0.29) is 23.4 Å². The van der Waals surface area contributed by atoms with E-state index in [1.807, 2.05) is 0 Å². The molecule has 0 bridgehead atoms. The van der Waals surface area contributed by atoms with E-state index in [0.717, 1.165) is 0 Å². The van der Waals surface area contributed by atoms with Gasteiger partial charge in [0.2, 0.25) is 6.79 Å². The summed E-state index contributed by atoms with van der Waals surface area (Å²) in [5.74, 6) is 0.976. The molecule has 0 unspecified atom stereocenters. The Labute approximate surface area is 161 Å². The highest BCUT2D eigenvalue weighted by atomic mass is 32.2. The zero-order chi connectivity index (χ0) is 19.6. The molecule has 0 atom stereocenters. The van der Waals surface area contributed by atoms with E-state index in [9.17, 15) is 13.2 Å². The third-order valence-corrected chi connectivity index (χ3v) is 5.33. The van der Waals surface area contributed by atoms with Crippen molar-refractivity contribution < 1.29 is 22.7 Å². The Hall–Kier alpha value is -3.59. The topological polar surface area (TPSA) is 107 Å². The second-order valence-electron chi connectivity index (χ2n) is 5.87. The van der Waals surface area contributed by atoms with Crippen LogP contribution < -0.4 is 19.5 Å². The highest BCUT2D eigenvalue weighted by molar-refractivity contribution is 7.92. The summed E-state index contributed by atoms with van der Waals surface area (Å²) in [4.78, 5) is 16.4. The summed E-state index contributed by atoms with van der Waals surface area (Å²) in [6.07, 6.45) is 1.49. The average molecular weight is 397 g/mol. The number of ether oxygens (including phenoxy) is 2. The number of pyridine rings is 1. The largest absolute Gasteiger partial charge is 0.454 e. The number of amides is 1. The first-order valence-corrected chi connectivity index (χ1v) is 9.74. The number of nitrogens with one attached hydrogen (secondary N) is 2. The van der Waals surface area contributed by atoms with E-state index in [1.54, 1.807) is 36.4 Å². The van der Waals surface area contributed by atoms with Crippen LogP contribution >= 0.6 is 0 Å². The number of carbonyl (C=O) groups is 1. The lowest BCUT2D eigenvalue weighted by molar-refractivity contribution is 0.102. The first-order chi connectivity index (χ1) is 13.5. The summed E-state index contributed by atoms with van der Waals surface area (Å²) in [7, 11) is -3.77. The summed E-state index contributed by atoms with van der Waals surface area (Å²) in [6.45, 7) is 0.128. The van der Waals surface area contributed by atoms with Gasteiger partial charge >= 0.3 is 0 Å². The Morgan fingerprint density at radius 2 is 1.75 bits per heavy atom. The maximum Gasteiger partial charge on any atom is 0.263 e. The second-order valence-corrected chi connectivity index (χ2v) is 7.55. The van der Waals surface area contributed by atoms with Crippen molar-refractivity contribution in [3.05, 3.63) is 72.4 Å². The van der Waals surface area contributed by atoms with E-state index >= 15 is 0 Å². The number of hydrogen-bond donors (Lipinski definition) is 2. The molecule has 0 spiro atoms. The first kappa shape index (κ1) is 17.8. The van der Waals surface area contributed by atoms with E-state index in [1.165, 1.54) is 30.5 Å². The normalized spacial score (nSPS) is 12.4. The second kappa shape index (κ2) is 7.20. The third-order valence-electron chi connectivity index (χ3n) is 3.96. The average Bonchev–Trinajstić information content (AvgIpc) is 3.16. The number of rotatable bonds is 5. The number of aromatic nitrogens is 1. The fraction of sp³-hybridized carbons (Fsp3) is 0.0526. The molecule has 0 fully saturated rings. The molecular formula is C19H15N3O5S. The quantitative estimate of drug-likeness (QED) is 0.686. The van der Waals surface area contributed by atoms with Gasteiger partial charge in [0.15, 0.2) is 11.5 Å².